The normalized spacial score (nSPS) is 11.6. The second kappa shape index (κ2) is 8.85. The summed E-state index contributed by atoms with van der Waals surface area (Å²) >= 11 is 0. The van der Waals surface area contributed by atoms with E-state index in [2.05, 4.69) is 20.0 Å². The first-order chi connectivity index (χ1) is 15.4. The van der Waals surface area contributed by atoms with E-state index in [4.69, 9.17) is 9.47 Å². The quantitative estimate of drug-likeness (QED) is 0.402. The number of nitrogens with zero attached hydrogens (tertiary/aromatic N) is 4. The van der Waals surface area contributed by atoms with Crippen LogP contribution in [0.1, 0.15) is 0 Å². The van der Waals surface area contributed by atoms with Gasteiger partial charge < -0.3 is 9.47 Å². The topological polar surface area (TPSA) is 108 Å². The third-order valence-electron chi connectivity index (χ3n) is 4.40. The number of nitrogens with one attached hydrogen (secondary N) is 1. The molecule has 2 aromatic carbocycles. The zero-order valence-electron chi connectivity index (χ0n) is 16.7. The highest BCUT2D eigenvalue weighted by molar-refractivity contribution is 7.89. The van der Waals surface area contributed by atoms with Gasteiger partial charge in [0.2, 0.25) is 15.9 Å². The zero-order chi connectivity index (χ0) is 22.7. The number of hydrogen-bond acceptors (Lipinski definition) is 7. The largest absolute Gasteiger partial charge is 0.495 e. The molecule has 0 saturated carbocycles. The van der Waals surface area contributed by atoms with Crippen LogP contribution in [0.2, 0.25) is 0 Å². The first-order valence-corrected chi connectivity index (χ1v) is 10.8. The number of benzene rings is 2. The van der Waals surface area contributed by atoms with Crippen LogP contribution in [0, 0.1) is 11.6 Å². The molecule has 0 aliphatic carbocycles. The van der Waals surface area contributed by atoms with Gasteiger partial charge in [-0.3, -0.25) is 0 Å². The molecule has 0 fully saturated rings. The maximum atomic E-state index is 13.5. The molecule has 166 valence electrons. The molecule has 0 bridgehead atoms. The fourth-order valence-electron chi connectivity index (χ4n) is 2.90. The van der Waals surface area contributed by atoms with Crippen molar-refractivity contribution in [2.75, 3.05) is 20.3 Å². The lowest BCUT2D eigenvalue weighted by molar-refractivity contribution is 0.305. The van der Waals surface area contributed by atoms with Crippen molar-refractivity contribution in [1.29, 1.82) is 0 Å². The van der Waals surface area contributed by atoms with E-state index in [1.165, 1.54) is 29.8 Å². The average molecular weight is 461 g/mol. The van der Waals surface area contributed by atoms with E-state index in [0.29, 0.717) is 17.0 Å². The van der Waals surface area contributed by atoms with Gasteiger partial charge >= 0.3 is 0 Å². The van der Waals surface area contributed by atoms with Gasteiger partial charge in [0.25, 0.3) is 0 Å². The standard InChI is InChI=1S/C20H17F2N5O4S/c1-30-16-7-6-15(22)12-17(16)32(28,29)23-10-11-31-19-9-8-18-24-25-20(27(18)26-19)13-2-4-14(21)5-3-13/h2-9,12,23H,10-11H2,1H3. The minimum absolute atomic E-state index is 0.0212. The van der Waals surface area contributed by atoms with Gasteiger partial charge in [-0.05, 0) is 48.5 Å². The van der Waals surface area contributed by atoms with Crippen LogP contribution in [0.3, 0.4) is 0 Å². The lowest BCUT2D eigenvalue weighted by Gasteiger charge is -2.11. The Bertz CT molecular complexity index is 1360. The Morgan fingerprint density at radius 2 is 1.75 bits per heavy atom. The number of rotatable bonds is 8. The SMILES string of the molecule is COc1ccc(F)cc1S(=O)(=O)NCCOc1ccc2nnc(-c3ccc(F)cc3)n2n1. The molecule has 0 amide bonds. The van der Waals surface area contributed by atoms with Crippen molar-refractivity contribution in [3.05, 3.63) is 66.2 Å². The molecule has 1 N–H and O–H groups in total. The van der Waals surface area contributed by atoms with Crippen LogP contribution in [0.5, 0.6) is 11.6 Å². The van der Waals surface area contributed by atoms with Gasteiger partial charge in [0.15, 0.2) is 11.5 Å². The molecule has 0 unspecified atom stereocenters. The summed E-state index contributed by atoms with van der Waals surface area (Å²) in [6.07, 6.45) is 0. The van der Waals surface area contributed by atoms with Crippen molar-refractivity contribution >= 4 is 15.7 Å². The van der Waals surface area contributed by atoms with E-state index in [1.54, 1.807) is 24.3 Å². The highest BCUT2D eigenvalue weighted by atomic mass is 32.2. The molecule has 4 rings (SSSR count). The van der Waals surface area contributed by atoms with Crippen LogP contribution in [0.25, 0.3) is 17.0 Å². The first kappa shape index (κ1) is 21.6. The molecule has 2 aromatic heterocycles. The number of aromatic nitrogens is 4. The van der Waals surface area contributed by atoms with Gasteiger partial charge in [-0.15, -0.1) is 15.3 Å². The van der Waals surface area contributed by atoms with Crippen molar-refractivity contribution in [3.63, 3.8) is 0 Å². The number of methoxy groups -OCH3 is 1. The van der Waals surface area contributed by atoms with Gasteiger partial charge in [0.05, 0.1) is 7.11 Å². The van der Waals surface area contributed by atoms with Gasteiger partial charge in [0.1, 0.15) is 28.9 Å². The summed E-state index contributed by atoms with van der Waals surface area (Å²) < 4.78 is 65.9. The number of halogens is 2. The van der Waals surface area contributed by atoms with E-state index in [1.807, 2.05) is 0 Å². The van der Waals surface area contributed by atoms with Crippen LogP contribution in [-0.2, 0) is 10.0 Å². The number of ether oxygens (including phenoxy) is 2. The minimum atomic E-state index is -4.02. The van der Waals surface area contributed by atoms with Crippen molar-refractivity contribution in [2.24, 2.45) is 0 Å². The Morgan fingerprint density at radius 1 is 1.00 bits per heavy atom. The Morgan fingerprint density at radius 3 is 2.50 bits per heavy atom. The first-order valence-electron chi connectivity index (χ1n) is 9.32. The summed E-state index contributed by atoms with van der Waals surface area (Å²) in [4.78, 5) is -0.312. The molecule has 9 nitrogen and oxygen atoms in total. The minimum Gasteiger partial charge on any atom is -0.495 e. The second-order valence-electron chi connectivity index (χ2n) is 6.51. The molecular formula is C20H17F2N5O4S. The fourth-order valence-corrected chi connectivity index (χ4v) is 4.09. The van der Waals surface area contributed by atoms with Crippen molar-refractivity contribution in [2.45, 2.75) is 4.90 Å². The van der Waals surface area contributed by atoms with E-state index < -0.39 is 15.8 Å². The predicted molar refractivity (Wildman–Crippen MR) is 110 cm³/mol. The van der Waals surface area contributed by atoms with Gasteiger partial charge in [-0.1, -0.05) is 0 Å². The number of hydrogen-bond donors (Lipinski definition) is 1. The maximum Gasteiger partial charge on any atom is 0.244 e. The maximum absolute atomic E-state index is 13.5. The monoisotopic (exact) mass is 461 g/mol. The molecule has 32 heavy (non-hydrogen) atoms. The fraction of sp³-hybridized carbons (Fsp3) is 0.150. The average Bonchev–Trinajstić information content (AvgIpc) is 3.20. The molecule has 0 spiro atoms. The molecule has 12 heteroatoms. The van der Waals surface area contributed by atoms with Crippen LogP contribution in [0.15, 0.2) is 59.5 Å². The molecule has 0 aliphatic rings. The summed E-state index contributed by atoms with van der Waals surface area (Å²) in [6, 6.07) is 12.1. The summed E-state index contributed by atoms with van der Waals surface area (Å²) in [7, 11) is -2.73. The molecular weight excluding hydrogens is 444 g/mol. The second-order valence-corrected chi connectivity index (χ2v) is 8.25. The van der Waals surface area contributed by atoms with Crippen molar-refractivity contribution in [3.8, 4) is 23.0 Å². The third kappa shape index (κ3) is 4.50. The van der Waals surface area contributed by atoms with E-state index in [9.17, 15) is 17.2 Å². The Labute approximate surface area is 181 Å². The number of fused-ring (bicyclic) bond motifs is 1. The lowest BCUT2D eigenvalue weighted by atomic mass is 10.2. The van der Waals surface area contributed by atoms with Crippen molar-refractivity contribution < 1.29 is 26.7 Å². The third-order valence-corrected chi connectivity index (χ3v) is 5.88. The predicted octanol–water partition coefficient (Wildman–Crippen LogP) is 2.44. The van der Waals surface area contributed by atoms with E-state index in [-0.39, 0.29) is 35.5 Å². The Hall–Kier alpha value is -3.64. The highest BCUT2D eigenvalue weighted by Gasteiger charge is 2.20. The summed E-state index contributed by atoms with van der Waals surface area (Å²) in [5.74, 6) is -0.468. The molecule has 0 aliphatic heterocycles. The van der Waals surface area contributed by atoms with E-state index >= 15 is 0 Å². The van der Waals surface area contributed by atoms with Gasteiger partial charge in [0, 0.05) is 18.2 Å². The van der Waals surface area contributed by atoms with Crippen LogP contribution < -0.4 is 14.2 Å². The summed E-state index contributed by atoms with van der Waals surface area (Å²) in [5, 5.41) is 12.4. The molecule has 4 aromatic rings. The summed E-state index contributed by atoms with van der Waals surface area (Å²) in [6.45, 7) is -0.155. The Kier molecular flexibility index (Phi) is 5.97. The Balaban J connectivity index is 1.44. The highest BCUT2D eigenvalue weighted by Crippen LogP contribution is 2.24. The summed E-state index contributed by atoms with van der Waals surface area (Å²) in [5.41, 5.74) is 1.07. The molecule has 0 saturated heterocycles. The van der Waals surface area contributed by atoms with Gasteiger partial charge in [-0.2, -0.15) is 4.52 Å². The van der Waals surface area contributed by atoms with Crippen LogP contribution in [0.4, 0.5) is 8.78 Å². The van der Waals surface area contributed by atoms with Crippen molar-refractivity contribution in [1.82, 2.24) is 24.5 Å². The smallest absolute Gasteiger partial charge is 0.244 e. The molecule has 0 radical (unpaired) electrons. The van der Waals surface area contributed by atoms with Crippen LogP contribution in [-0.4, -0.2) is 48.5 Å². The van der Waals surface area contributed by atoms with E-state index in [0.717, 1.165) is 12.1 Å². The molecule has 2 heterocycles. The number of sulfonamides is 1. The zero-order valence-corrected chi connectivity index (χ0v) is 17.5. The molecule has 0 atom stereocenters. The lowest BCUT2D eigenvalue weighted by Crippen LogP contribution is -2.28. The van der Waals surface area contributed by atoms with Crippen LogP contribution >= 0.6 is 0 Å². The van der Waals surface area contributed by atoms with Gasteiger partial charge in [-0.25, -0.2) is 21.9 Å².